The molecule has 2 aromatic heterocycles. The molecule has 2 aromatic rings. The Labute approximate surface area is 67.1 Å². The van der Waals surface area contributed by atoms with Crippen LogP contribution in [0.3, 0.4) is 0 Å². The number of furan rings is 1. The molecular formula is C8H6O2S. The highest BCUT2D eigenvalue weighted by molar-refractivity contribution is 7.18. The lowest BCUT2D eigenvalue weighted by molar-refractivity contribution is 0.572. The van der Waals surface area contributed by atoms with Gasteiger partial charge in [0.2, 0.25) is 0 Å². The van der Waals surface area contributed by atoms with Crippen molar-refractivity contribution in [2.24, 2.45) is 0 Å². The maximum absolute atomic E-state index is 11.2. The molecule has 0 aromatic carbocycles. The number of hydrogen-bond donors (Lipinski definition) is 0. The molecule has 56 valence electrons. The zero-order valence-electron chi connectivity index (χ0n) is 5.96. The Kier molecular flexibility index (Phi) is 1.32. The summed E-state index contributed by atoms with van der Waals surface area (Å²) >= 11 is 1.57. The Morgan fingerprint density at radius 2 is 2.27 bits per heavy atom. The number of fused-ring (bicyclic) bond motifs is 1. The summed E-state index contributed by atoms with van der Waals surface area (Å²) in [6, 6.07) is 1.63. The Hall–Kier alpha value is -1.09. The van der Waals surface area contributed by atoms with Crippen LogP contribution in [0, 0.1) is 6.92 Å². The van der Waals surface area contributed by atoms with Crippen LogP contribution in [0.4, 0.5) is 0 Å². The zero-order chi connectivity index (χ0) is 7.84. The van der Waals surface area contributed by atoms with Crippen LogP contribution in [0.5, 0.6) is 0 Å². The van der Waals surface area contributed by atoms with Gasteiger partial charge in [-0.1, -0.05) is 0 Å². The highest BCUT2D eigenvalue weighted by Crippen LogP contribution is 2.18. The molecule has 0 unspecified atom stereocenters. The van der Waals surface area contributed by atoms with Gasteiger partial charge in [0.05, 0.1) is 10.1 Å². The van der Waals surface area contributed by atoms with Gasteiger partial charge in [-0.3, -0.25) is 4.79 Å². The summed E-state index contributed by atoms with van der Waals surface area (Å²) in [6.07, 6.45) is 3.10. The quantitative estimate of drug-likeness (QED) is 0.600. The summed E-state index contributed by atoms with van der Waals surface area (Å²) in [5.41, 5.74) is 0.0463. The first kappa shape index (κ1) is 6.61. The summed E-state index contributed by atoms with van der Waals surface area (Å²) in [4.78, 5) is 12.2. The van der Waals surface area contributed by atoms with Gasteiger partial charge in [0.1, 0.15) is 12.5 Å². The van der Waals surface area contributed by atoms with Gasteiger partial charge < -0.3 is 4.42 Å². The van der Waals surface area contributed by atoms with E-state index in [-0.39, 0.29) is 5.43 Å². The van der Waals surface area contributed by atoms with Crippen molar-refractivity contribution in [3.63, 3.8) is 0 Å². The normalized spacial score (nSPS) is 10.6. The van der Waals surface area contributed by atoms with Gasteiger partial charge in [-0.15, -0.1) is 11.3 Å². The van der Waals surface area contributed by atoms with E-state index in [9.17, 15) is 4.79 Å². The molecule has 0 aliphatic heterocycles. The molecule has 0 N–H and O–H groups in total. The van der Waals surface area contributed by atoms with Gasteiger partial charge in [-0.05, 0) is 13.0 Å². The largest absolute Gasteiger partial charge is 0.470 e. The van der Waals surface area contributed by atoms with Gasteiger partial charge in [0, 0.05) is 4.88 Å². The van der Waals surface area contributed by atoms with E-state index < -0.39 is 0 Å². The Morgan fingerprint density at radius 3 is 3.09 bits per heavy atom. The van der Waals surface area contributed by atoms with Gasteiger partial charge >= 0.3 is 0 Å². The minimum absolute atomic E-state index is 0.0463. The standard InChI is InChI=1S/C8H6O2S/c1-5-2-7(9)6-3-10-4-8(6)11-5/h2-4H,1H3. The summed E-state index contributed by atoms with van der Waals surface area (Å²) < 4.78 is 5.84. The van der Waals surface area contributed by atoms with Crippen molar-refractivity contribution >= 4 is 21.4 Å². The average molecular weight is 166 g/mol. The third-order valence-electron chi connectivity index (χ3n) is 1.50. The molecule has 0 aliphatic rings. The van der Waals surface area contributed by atoms with Crippen LogP contribution in [0.1, 0.15) is 4.88 Å². The zero-order valence-corrected chi connectivity index (χ0v) is 6.77. The fraction of sp³-hybridized carbons (Fsp3) is 0.125. The summed E-state index contributed by atoms with van der Waals surface area (Å²) in [5.74, 6) is 0. The highest BCUT2D eigenvalue weighted by Gasteiger charge is 2.00. The third-order valence-corrected chi connectivity index (χ3v) is 2.47. The van der Waals surface area contributed by atoms with Crippen LogP contribution in [-0.4, -0.2) is 0 Å². The monoisotopic (exact) mass is 166 g/mol. The minimum atomic E-state index is 0.0463. The molecule has 3 heteroatoms. The second kappa shape index (κ2) is 2.20. The van der Waals surface area contributed by atoms with Crippen LogP contribution in [-0.2, 0) is 0 Å². The number of rotatable bonds is 0. The van der Waals surface area contributed by atoms with Gasteiger partial charge in [0.15, 0.2) is 5.43 Å². The maximum atomic E-state index is 11.2. The fourth-order valence-corrected chi connectivity index (χ4v) is 1.88. The second-order valence-electron chi connectivity index (χ2n) is 2.37. The Bertz CT molecular complexity index is 439. The van der Waals surface area contributed by atoms with E-state index in [2.05, 4.69) is 0 Å². The van der Waals surface area contributed by atoms with Crippen molar-refractivity contribution in [2.45, 2.75) is 6.92 Å². The summed E-state index contributed by atoms with van der Waals surface area (Å²) in [7, 11) is 0. The Balaban J connectivity index is 3.02. The predicted molar refractivity (Wildman–Crippen MR) is 45.1 cm³/mol. The van der Waals surface area contributed by atoms with Crippen LogP contribution in [0.2, 0.25) is 0 Å². The van der Waals surface area contributed by atoms with Gasteiger partial charge in [-0.2, -0.15) is 0 Å². The molecule has 0 fully saturated rings. The third kappa shape index (κ3) is 0.973. The van der Waals surface area contributed by atoms with Crippen molar-refractivity contribution in [1.82, 2.24) is 0 Å². The molecule has 2 heterocycles. The predicted octanol–water partition coefficient (Wildman–Crippen LogP) is 2.16. The molecule has 0 bridgehead atoms. The average Bonchev–Trinajstić information content (AvgIpc) is 2.34. The van der Waals surface area contributed by atoms with Crippen molar-refractivity contribution in [3.05, 3.63) is 33.7 Å². The van der Waals surface area contributed by atoms with Crippen LogP contribution in [0.15, 0.2) is 27.8 Å². The topological polar surface area (TPSA) is 30.2 Å². The fourth-order valence-electron chi connectivity index (χ4n) is 1.01. The van der Waals surface area contributed by atoms with E-state index in [4.69, 9.17) is 4.42 Å². The number of aryl methyl sites for hydroxylation is 1. The number of hydrogen-bond acceptors (Lipinski definition) is 3. The van der Waals surface area contributed by atoms with Crippen molar-refractivity contribution < 1.29 is 4.42 Å². The van der Waals surface area contributed by atoms with E-state index in [1.807, 2.05) is 6.92 Å². The molecule has 0 saturated carbocycles. The smallest absolute Gasteiger partial charge is 0.191 e. The molecule has 0 amide bonds. The molecule has 0 saturated heterocycles. The maximum Gasteiger partial charge on any atom is 0.191 e. The Morgan fingerprint density at radius 1 is 1.45 bits per heavy atom. The molecule has 0 atom stereocenters. The first-order valence-electron chi connectivity index (χ1n) is 3.24. The van der Waals surface area contributed by atoms with Crippen LogP contribution >= 0.6 is 11.3 Å². The lowest BCUT2D eigenvalue weighted by Crippen LogP contribution is -1.95. The molecule has 0 aliphatic carbocycles. The van der Waals surface area contributed by atoms with Gasteiger partial charge in [0.25, 0.3) is 0 Å². The van der Waals surface area contributed by atoms with Crippen LogP contribution < -0.4 is 5.43 Å². The lowest BCUT2D eigenvalue weighted by atomic mass is 10.3. The van der Waals surface area contributed by atoms with E-state index in [1.54, 1.807) is 23.7 Å². The van der Waals surface area contributed by atoms with Gasteiger partial charge in [-0.25, -0.2) is 0 Å². The molecule has 0 radical (unpaired) electrons. The SMILES string of the molecule is Cc1cc(=O)c2cocc2s1. The van der Waals surface area contributed by atoms with E-state index in [0.717, 1.165) is 9.58 Å². The molecule has 2 nitrogen and oxygen atoms in total. The first-order chi connectivity index (χ1) is 5.27. The summed E-state index contributed by atoms with van der Waals surface area (Å²) in [6.45, 7) is 1.92. The highest BCUT2D eigenvalue weighted by atomic mass is 32.1. The molecule has 11 heavy (non-hydrogen) atoms. The first-order valence-corrected chi connectivity index (χ1v) is 4.05. The van der Waals surface area contributed by atoms with E-state index in [1.165, 1.54) is 6.26 Å². The second-order valence-corrected chi connectivity index (χ2v) is 3.66. The molecule has 2 rings (SSSR count). The molecular weight excluding hydrogens is 160 g/mol. The van der Waals surface area contributed by atoms with Crippen molar-refractivity contribution in [1.29, 1.82) is 0 Å². The van der Waals surface area contributed by atoms with Crippen molar-refractivity contribution in [2.75, 3.05) is 0 Å². The van der Waals surface area contributed by atoms with E-state index >= 15 is 0 Å². The summed E-state index contributed by atoms with van der Waals surface area (Å²) in [5, 5.41) is 0.681. The molecule has 0 spiro atoms. The van der Waals surface area contributed by atoms with Crippen molar-refractivity contribution in [3.8, 4) is 0 Å². The van der Waals surface area contributed by atoms with Crippen LogP contribution in [0.25, 0.3) is 10.1 Å². The lowest BCUT2D eigenvalue weighted by Gasteiger charge is -1.87. The minimum Gasteiger partial charge on any atom is -0.470 e. The van der Waals surface area contributed by atoms with E-state index in [0.29, 0.717) is 5.39 Å².